The lowest BCUT2D eigenvalue weighted by Gasteiger charge is -2.35. The van der Waals surface area contributed by atoms with E-state index in [4.69, 9.17) is 0 Å². The number of hydrogen-bond acceptors (Lipinski definition) is 5. The number of carbonyl (C=O) groups excluding carboxylic acids is 2. The third-order valence-corrected chi connectivity index (χ3v) is 5.30. The second-order valence-corrected chi connectivity index (χ2v) is 7.30. The van der Waals surface area contributed by atoms with Crippen LogP contribution in [0, 0.1) is 11.6 Å². The summed E-state index contributed by atoms with van der Waals surface area (Å²) in [5.41, 5.74) is 1.14. The van der Waals surface area contributed by atoms with Crippen molar-refractivity contribution in [1.29, 1.82) is 0 Å². The Morgan fingerprint density at radius 3 is 2.34 bits per heavy atom. The number of nitrogens with zero attached hydrogens (tertiary/aromatic N) is 2. The van der Waals surface area contributed by atoms with Gasteiger partial charge in [0.05, 0.1) is 7.11 Å². The first-order valence-electron chi connectivity index (χ1n) is 9.87. The number of anilines is 2. The van der Waals surface area contributed by atoms with E-state index in [1.54, 1.807) is 29.2 Å². The number of amides is 2. The highest BCUT2D eigenvalue weighted by atomic mass is 19.1. The number of H-pyrrole nitrogens is 1. The number of carbonyl (C=O) groups is 2. The van der Waals surface area contributed by atoms with E-state index in [0.29, 0.717) is 35.4 Å². The summed E-state index contributed by atoms with van der Waals surface area (Å²) >= 11 is 0. The van der Waals surface area contributed by atoms with Crippen LogP contribution in [-0.4, -0.2) is 55.0 Å². The summed E-state index contributed by atoms with van der Waals surface area (Å²) < 4.78 is 32.6. The normalized spacial score (nSPS) is 13.8. The minimum absolute atomic E-state index is 0.223. The van der Waals surface area contributed by atoms with Crippen molar-refractivity contribution in [2.45, 2.75) is 0 Å². The maximum Gasteiger partial charge on any atom is 0.313 e. The third kappa shape index (κ3) is 4.25. The summed E-state index contributed by atoms with van der Waals surface area (Å²) in [6.45, 7) is 1.07. The third-order valence-electron chi connectivity index (χ3n) is 5.30. The SMILES string of the molecule is COc1c(F)cc(N2CCN(C(=O)C(=O)Nc3ccc4[nH]c(=O)ccc4c3)CC2)cc1F. The van der Waals surface area contributed by atoms with E-state index in [0.717, 1.165) is 0 Å². The number of ether oxygens (including phenoxy) is 1. The number of nitrogens with one attached hydrogen (secondary N) is 2. The molecule has 10 heteroatoms. The fourth-order valence-corrected chi connectivity index (χ4v) is 3.65. The fourth-order valence-electron chi connectivity index (χ4n) is 3.65. The van der Waals surface area contributed by atoms with E-state index in [9.17, 15) is 23.2 Å². The Hall–Kier alpha value is -3.95. The molecule has 1 aliphatic heterocycles. The molecular weight excluding hydrogens is 422 g/mol. The molecule has 2 amide bonds. The molecule has 0 spiro atoms. The van der Waals surface area contributed by atoms with Crippen molar-refractivity contribution in [1.82, 2.24) is 9.88 Å². The molecule has 1 aromatic heterocycles. The fraction of sp³-hybridized carbons (Fsp3) is 0.227. The molecule has 0 aliphatic carbocycles. The molecule has 0 radical (unpaired) electrons. The number of pyridine rings is 1. The molecule has 0 atom stereocenters. The van der Waals surface area contributed by atoms with Gasteiger partial charge in [-0.05, 0) is 24.3 Å². The van der Waals surface area contributed by atoms with E-state index in [1.165, 1.54) is 30.2 Å². The number of methoxy groups -OCH3 is 1. The second kappa shape index (κ2) is 8.66. The van der Waals surface area contributed by atoms with Crippen LogP contribution >= 0.6 is 0 Å². The summed E-state index contributed by atoms with van der Waals surface area (Å²) in [5, 5.41) is 3.28. The summed E-state index contributed by atoms with van der Waals surface area (Å²) in [7, 11) is 1.19. The zero-order valence-corrected chi connectivity index (χ0v) is 17.2. The van der Waals surface area contributed by atoms with Crippen molar-refractivity contribution in [2.24, 2.45) is 0 Å². The lowest BCUT2D eigenvalue weighted by atomic mass is 10.2. The molecule has 2 heterocycles. The van der Waals surface area contributed by atoms with Gasteiger partial charge in [-0.1, -0.05) is 0 Å². The van der Waals surface area contributed by atoms with Crippen molar-refractivity contribution >= 4 is 34.1 Å². The van der Waals surface area contributed by atoms with Crippen molar-refractivity contribution < 1.29 is 23.1 Å². The Balaban J connectivity index is 1.38. The molecule has 0 saturated carbocycles. The molecule has 3 aromatic rings. The van der Waals surface area contributed by atoms with E-state index in [1.807, 2.05) is 0 Å². The highest BCUT2D eigenvalue weighted by Crippen LogP contribution is 2.28. The average Bonchev–Trinajstić information content (AvgIpc) is 2.78. The van der Waals surface area contributed by atoms with Crippen LogP contribution in [0.5, 0.6) is 5.75 Å². The monoisotopic (exact) mass is 442 g/mol. The number of aromatic nitrogens is 1. The van der Waals surface area contributed by atoms with Crippen LogP contribution in [0.3, 0.4) is 0 Å². The molecule has 1 aliphatic rings. The van der Waals surface area contributed by atoms with Crippen LogP contribution in [-0.2, 0) is 9.59 Å². The second-order valence-electron chi connectivity index (χ2n) is 7.30. The Morgan fingerprint density at radius 2 is 1.69 bits per heavy atom. The van der Waals surface area contributed by atoms with Crippen LogP contribution in [0.15, 0.2) is 47.3 Å². The molecule has 1 fully saturated rings. The van der Waals surface area contributed by atoms with Crippen molar-refractivity contribution in [3.05, 3.63) is 64.5 Å². The predicted molar refractivity (Wildman–Crippen MR) is 115 cm³/mol. The topological polar surface area (TPSA) is 94.7 Å². The van der Waals surface area contributed by atoms with Gasteiger partial charge >= 0.3 is 11.8 Å². The van der Waals surface area contributed by atoms with Crippen LogP contribution in [0.2, 0.25) is 0 Å². The first-order valence-corrected chi connectivity index (χ1v) is 9.87. The van der Waals surface area contributed by atoms with Gasteiger partial charge in [0.15, 0.2) is 17.4 Å². The van der Waals surface area contributed by atoms with Crippen LogP contribution < -0.4 is 20.5 Å². The minimum Gasteiger partial charge on any atom is -0.491 e. The molecule has 4 rings (SSSR count). The van der Waals surface area contributed by atoms with Crippen molar-refractivity contribution in [3.63, 3.8) is 0 Å². The number of piperazine rings is 1. The Kier molecular flexibility index (Phi) is 5.76. The van der Waals surface area contributed by atoms with Gasteiger partial charge in [-0.3, -0.25) is 14.4 Å². The van der Waals surface area contributed by atoms with Crippen molar-refractivity contribution in [2.75, 3.05) is 43.5 Å². The van der Waals surface area contributed by atoms with Gasteiger partial charge in [0.2, 0.25) is 5.56 Å². The summed E-state index contributed by atoms with van der Waals surface area (Å²) in [5.74, 6) is -3.54. The molecule has 0 bridgehead atoms. The molecule has 1 saturated heterocycles. The number of rotatable bonds is 3. The summed E-state index contributed by atoms with van der Waals surface area (Å²) in [4.78, 5) is 42.1. The van der Waals surface area contributed by atoms with Gasteiger partial charge in [-0.15, -0.1) is 0 Å². The maximum atomic E-state index is 14.0. The number of halogens is 2. The summed E-state index contributed by atoms with van der Waals surface area (Å²) in [6.07, 6.45) is 0. The highest BCUT2D eigenvalue weighted by Gasteiger charge is 2.27. The van der Waals surface area contributed by atoms with Gasteiger partial charge in [0.25, 0.3) is 0 Å². The first kappa shape index (κ1) is 21.3. The number of fused-ring (bicyclic) bond motifs is 1. The standard InChI is InChI=1S/C22H20F2N4O4/c1-32-20-16(23)11-15(12-17(20)24)27-6-8-28(9-7-27)22(31)21(30)25-14-3-4-18-13(10-14)2-5-19(29)26-18/h2-5,10-12H,6-9H2,1H3,(H,25,30)(H,26,29). The average molecular weight is 442 g/mol. The lowest BCUT2D eigenvalue weighted by Crippen LogP contribution is -2.51. The zero-order chi connectivity index (χ0) is 22.8. The molecule has 2 N–H and O–H groups in total. The van der Waals surface area contributed by atoms with Crippen molar-refractivity contribution in [3.8, 4) is 5.75 Å². The van der Waals surface area contributed by atoms with Gasteiger partial charge in [0, 0.05) is 66.7 Å². The number of benzene rings is 2. The van der Waals surface area contributed by atoms with Gasteiger partial charge in [-0.25, -0.2) is 8.78 Å². The van der Waals surface area contributed by atoms with E-state index in [-0.39, 0.29) is 18.6 Å². The van der Waals surface area contributed by atoms with Crippen LogP contribution in [0.25, 0.3) is 10.9 Å². The number of aromatic amines is 1. The van der Waals surface area contributed by atoms with E-state index >= 15 is 0 Å². The van der Waals surface area contributed by atoms with E-state index in [2.05, 4.69) is 15.0 Å². The van der Waals surface area contributed by atoms with Crippen LogP contribution in [0.1, 0.15) is 0 Å². The molecule has 32 heavy (non-hydrogen) atoms. The smallest absolute Gasteiger partial charge is 0.313 e. The van der Waals surface area contributed by atoms with Gasteiger partial charge in [-0.2, -0.15) is 0 Å². The molecule has 2 aromatic carbocycles. The largest absolute Gasteiger partial charge is 0.491 e. The molecular formula is C22H20F2N4O4. The maximum absolute atomic E-state index is 14.0. The highest BCUT2D eigenvalue weighted by molar-refractivity contribution is 6.39. The van der Waals surface area contributed by atoms with Gasteiger partial charge < -0.3 is 24.8 Å². The summed E-state index contributed by atoms with van der Waals surface area (Å²) in [6, 6.07) is 10.2. The predicted octanol–water partition coefficient (Wildman–Crippen LogP) is 2.10. The lowest BCUT2D eigenvalue weighted by molar-refractivity contribution is -0.143. The quantitative estimate of drug-likeness (QED) is 0.606. The Morgan fingerprint density at radius 1 is 1.00 bits per heavy atom. The molecule has 0 unspecified atom stereocenters. The molecule has 166 valence electrons. The van der Waals surface area contributed by atoms with Gasteiger partial charge in [0.1, 0.15) is 0 Å². The van der Waals surface area contributed by atoms with E-state index < -0.39 is 29.2 Å². The van der Waals surface area contributed by atoms with Crippen LogP contribution in [0.4, 0.5) is 20.2 Å². The Bertz CT molecular complexity index is 1230. The first-order chi connectivity index (χ1) is 15.4. The number of hydrogen-bond donors (Lipinski definition) is 2. The molecule has 8 nitrogen and oxygen atoms in total. The minimum atomic E-state index is -0.806. The zero-order valence-electron chi connectivity index (χ0n) is 17.2. The Labute approximate surface area is 181 Å².